The number of nitrogens with zero attached hydrogens (tertiary/aromatic N) is 3. The average molecular weight is 432 g/mol. The minimum absolute atomic E-state index is 0.0292. The Morgan fingerprint density at radius 3 is 2.79 bits per heavy atom. The molecule has 0 saturated carbocycles. The van der Waals surface area contributed by atoms with Crippen LogP contribution in [0.2, 0.25) is 0 Å². The van der Waals surface area contributed by atoms with Crippen LogP contribution in [-0.2, 0) is 0 Å². The molecule has 0 saturated heterocycles. The number of amides is 1. The number of nitrogens with two attached hydrogens (primary N) is 1. The van der Waals surface area contributed by atoms with Crippen molar-refractivity contribution in [2.24, 2.45) is 10.7 Å². The van der Waals surface area contributed by atoms with Crippen LogP contribution in [0, 0.1) is 0 Å². The standard InChI is InChI=1S/C15H15F3N6O4S/c1-7(3-4-19)21-13-23-24-14(29-13)22-11(25)9-5-8(20-6-15(16,17)18)10(27-2)12(26)28-9/h3-5,20H,6,19H2,1-2H3,(H,22,24,25). The summed E-state index contributed by atoms with van der Waals surface area (Å²) in [6, 6.07) is 0.914. The van der Waals surface area contributed by atoms with Crippen molar-refractivity contribution < 1.29 is 27.1 Å². The third-order valence-corrected chi connectivity index (χ3v) is 3.79. The molecule has 10 nitrogen and oxygen atoms in total. The first kappa shape index (κ1) is 21.9. The van der Waals surface area contributed by atoms with Gasteiger partial charge in [0, 0.05) is 11.8 Å². The first-order valence-corrected chi connectivity index (χ1v) is 8.55. The average Bonchev–Trinajstić information content (AvgIpc) is 3.05. The van der Waals surface area contributed by atoms with E-state index in [4.69, 9.17) is 14.9 Å². The Kier molecular flexibility index (Phi) is 6.93. The molecule has 0 aliphatic carbocycles. The van der Waals surface area contributed by atoms with E-state index in [1.807, 2.05) is 5.32 Å². The van der Waals surface area contributed by atoms with Crippen molar-refractivity contribution in [3.63, 3.8) is 0 Å². The molecule has 2 aromatic rings. The minimum atomic E-state index is -4.55. The van der Waals surface area contributed by atoms with E-state index in [9.17, 15) is 22.8 Å². The van der Waals surface area contributed by atoms with Crippen LogP contribution in [0.1, 0.15) is 17.5 Å². The number of nitrogens with one attached hydrogen (secondary N) is 2. The van der Waals surface area contributed by atoms with E-state index in [0.717, 1.165) is 24.5 Å². The predicted octanol–water partition coefficient (Wildman–Crippen LogP) is 2.29. The largest absolute Gasteiger partial charge is 0.488 e. The molecule has 2 aromatic heterocycles. The number of carbonyl (C=O) groups is 1. The number of ether oxygens (including phenoxy) is 1. The second-order valence-electron chi connectivity index (χ2n) is 5.27. The summed E-state index contributed by atoms with van der Waals surface area (Å²) in [6.45, 7) is 0.229. The van der Waals surface area contributed by atoms with Gasteiger partial charge in [0.1, 0.15) is 6.54 Å². The summed E-state index contributed by atoms with van der Waals surface area (Å²) in [5, 5.41) is 12.0. The molecule has 0 aliphatic heterocycles. The molecule has 0 atom stereocenters. The van der Waals surface area contributed by atoms with Crippen LogP contribution in [0.3, 0.4) is 0 Å². The maximum absolute atomic E-state index is 12.4. The van der Waals surface area contributed by atoms with Gasteiger partial charge < -0.3 is 20.2 Å². The molecule has 0 aliphatic rings. The molecule has 156 valence electrons. The summed E-state index contributed by atoms with van der Waals surface area (Å²) >= 11 is 0.915. The maximum atomic E-state index is 12.4. The number of anilines is 2. The molecule has 0 spiro atoms. The monoisotopic (exact) mass is 432 g/mol. The van der Waals surface area contributed by atoms with Gasteiger partial charge in [-0.05, 0) is 19.2 Å². The fraction of sp³-hybridized carbons (Fsp3) is 0.267. The summed E-state index contributed by atoms with van der Waals surface area (Å²) in [4.78, 5) is 28.3. The molecule has 29 heavy (non-hydrogen) atoms. The van der Waals surface area contributed by atoms with Gasteiger partial charge in [-0.15, -0.1) is 10.2 Å². The topological polar surface area (TPSA) is 145 Å². The Hall–Kier alpha value is -3.42. The van der Waals surface area contributed by atoms with Crippen LogP contribution in [-0.4, -0.2) is 41.6 Å². The molecule has 4 N–H and O–H groups in total. The third-order valence-electron chi connectivity index (χ3n) is 3.06. The number of allylic oxidation sites excluding steroid dienone is 1. The van der Waals surface area contributed by atoms with Crippen molar-refractivity contribution in [1.29, 1.82) is 0 Å². The Morgan fingerprint density at radius 1 is 1.45 bits per heavy atom. The van der Waals surface area contributed by atoms with Gasteiger partial charge in [-0.2, -0.15) is 13.2 Å². The number of aliphatic imine (C=N–C) groups is 1. The van der Waals surface area contributed by atoms with E-state index in [-0.39, 0.29) is 16.0 Å². The summed E-state index contributed by atoms with van der Waals surface area (Å²) < 4.78 is 46.9. The van der Waals surface area contributed by atoms with Gasteiger partial charge in [0.25, 0.3) is 5.91 Å². The Balaban J connectivity index is 2.22. The van der Waals surface area contributed by atoms with Crippen molar-refractivity contribution in [1.82, 2.24) is 10.2 Å². The summed E-state index contributed by atoms with van der Waals surface area (Å²) in [6.07, 6.45) is -1.73. The van der Waals surface area contributed by atoms with Crippen LogP contribution in [0.5, 0.6) is 5.75 Å². The number of aromatic nitrogens is 2. The Bertz CT molecular complexity index is 999. The highest BCUT2D eigenvalue weighted by Crippen LogP contribution is 2.26. The summed E-state index contributed by atoms with van der Waals surface area (Å²) in [5.74, 6) is -1.98. The highest BCUT2D eigenvalue weighted by atomic mass is 32.1. The van der Waals surface area contributed by atoms with Crippen molar-refractivity contribution in [2.45, 2.75) is 13.1 Å². The number of hydrogen-bond donors (Lipinski definition) is 3. The second kappa shape index (κ2) is 9.18. The lowest BCUT2D eigenvalue weighted by Gasteiger charge is -2.12. The number of carbonyl (C=O) groups excluding carboxylic acids is 1. The lowest BCUT2D eigenvalue weighted by molar-refractivity contribution is -0.115. The Labute approximate surface area is 165 Å². The number of rotatable bonds is 7. The fourth-order valence-electron chi connectivity index (χ4n) is 1.91. The normalized spacial score (nSPS) is 12.2. The Morgan fingerprint density at radius 2 is 2.17 bits per heavy atom. The molecule has 0 aromatic carbocycles. The lowest BCUT2D eigenvalue weighted by atomic mass is 10.3. The molecule has 2 heterocycles. The maximum Gasteiger partial charge on any atom is 0.405 e. The van der Waals surface area contributed by atoms with E-state index in [2.05, 4.69) is 20.5 Å². The van der Waals surface area contributed by atoms with E-state index in [0.29, 0.717) is 5.71 Å². The zero-order valence-electron chi connectivity index (χ0n) is 15.0. The molecule has 0 fully saturated rings. The number of methoxy groups -OCH3 is 1. The molecule has 0 unspecified atom stereocenters. The van der Waals surface area contributed by atoms with Gasteiger partial charge in [0.2, 0.25) is 16.0 Å². The smallest absolute Gasteiger partial charge is 0.405 e. The molecule has 1 amide bonds. The highest BCUT2D eigenvalue weighted by molar-refractivity contribution is 7.18. The van der Waals surface area contributed by atoms with Crippen molar-refractivity contribution in [2.75, 3.05) is 24.3 Å². The fourth-order valence-corrected chi connectivity index (χ4v) is 2.58. The summed E-state index contributed by atoms with van der Waals surface area (Å²) in [5.41, 5.74) is 4.31. The molecular formula is C15H15F3N6O4S. The van der Waals surface area contributed by atoms with E-state index >= 15 is 0 Å². The predicted molar refractivity (Wildman–Crippen MR) is 100 cm³/mol. The second-order valence-corrected chi connectivity index (χ2v) is 6.23. The van der Waals surface area contributed by atoms with E-state index < -0.39 is 35.8 Å². The van der Waals surface area contributed by atoms with Crippen LogP contribution < -0.4 is 26.7 Å². The lowest BCUT2D eigenvalue weighted by Crippen LogP contribution is -2.23. The third kappa shape index (κ3) is 6.31. The van der Waals surface area contributed by atoms with Crippen molar-refractivity contribution >= 4 is 38.9 Å². The van der Waals surface area contributed by atoms with Gasteiger partial charge in [0.15, 0.2) is 5.76 Å². The zero-order chi connectivity index (χ0) is 21.6. The van der Waals surface area contributed by atoms with Gasteiger partial charge >= 0.3 is 11.8 Å². The van der Waals surface area contributed by atoms with Gasteiger partial charge in [0.05, 0.1) is 12.8 Å². The quantitative estimate of drug-likeness (QED) is 0.565. The highest BCUT2D eigenvalue weighted by Gasteiger charge is 2.28. The first-order valence-electron chi connectivity index (χ1n) is 7.74. The molecule has 2 rings (SSSR count). The van der Waals surface area contributed by atoms with Crippen LogP contribution in [0.15, 0.2) is 32.5 Å². The number of alkyl halides is 3. The van der Waals surface area contributed by atoms with Gasteiger partial charge in [-0.3, -0.25) is 10.1 Å². The SMILES string of the molecule is COc1c(NCC(F)(F)F)cc(C(=O)Nc2nnc(N=C(C)C=CN)s2)oc1=O. The van der Waals surface area contributed by atoms with E-state index in [1.165, 1.54) is 12.3 Å². The van der Waals surface area contributed by atoms with Gasteiger partial charge in [-0.1, -0.05) is 11.3 Å². The number of hydrogen-bond acceptors (Lipinski definition) is 10. The molecule has 14 heteroatoms. The first-order chi connectivity index (χ1) is 13.6. The molecule has 0 bridgehead atoms. The molecular weight excluding hydrogens is 417 g/mol. The van der Waals surface area contributed by atoms with Crippen molar-refractivity contribution in [3.05, 3.63) is 34.5 Å². The number of halogens is 3. The minimum Gasteiger partial charge on any atom is -0.488 e. The zero-order valence-corrected chi connectivity index (χ0v) is 15.8. The van der Waals surface area contributed by atoms with E-state index in [1.54, 1.807) is 6.92 Å². The van der Waals surface area contributed by atoms with Crippen LogP contribution >= 0.6 is 11.3 Å². The van der Waals surface area contributed by atoms with Crippen LogP contribution in [0.4, 0.5) is 29.1 Å². The van der Waals surface area contributed by atoms with Gasteiger partial charge in [-0.25, -0.2) is 9.79 Å². The molecule has 0 radical (unpaired) electrons. The van der Waals surface area contributed by atoms with Crippen molar-refractivity contribution in [3.8, 4) is 5.75 Å². The summed E-state index contributed by atoms with van der Waals surface area (Å²) in [7, 11) is 1.08. The van der Waals surface area contributed by atoms with Crippen LogP contribution in [0.25, 0.3) is 0 Å².